The number of halogens is 1. The number of piperazine rings is 1. The SMILES string of the molecule is CCc1cc(Nc2ncc(Br)c(Nc3[c]cccc3)n2)c(OC)cc1N1CCC(N2CCNCC2)CC1. The van der Waals surface area contributed by atoms with Crippen LogP contribution >= 0.6 is 15.9 Å². The molecule has 8 nitrogen and oxygen atoms in total. The molecule has 0 bridgehead atoms. The lowest BCUT2D eigenvalue weighted by atomic mass is 9.99. The van der Waals surface area contributed by atoms with Gasteiger partial charge in [0.25, 0.3) is 0 Å². The number of methoxy groups -OCH3 is 1. The van der Waals surface area contributed by atoms with Crippen molar-refractivity contribution in [3.63, 3.8) is 0 Å². The molecule has 9 heteroatoms. The van der Waals surface area contributed by atoms with E-state index in [2.05, 4.69) is 76.8 Å². The number of aryl methyl sites for hydroxylation is 1. The number of rotatable bonds is 8. The molecule has 0 amide bonds. The minimum Gasteiger partial charge on any atom is -0.494 e. The van der Waals surface area contributed by atoms with Gasteiger partial charge < -0.3 is 25.6 Å². The summed E-state index contributed by atoms with van der Waals surface area (Å²) in [5.41, 5.74) is 4.25. The normalized spacial score (nSPS) is 17.0. The third-order valence-corrected chi connectivity index (χ3v) is 7.79. The van der Waals surface area contributed by atoms with Crippen LogP contribution in [0.5, 0.6) is 5.75 Å². The quantitative estimate of drug-likeness (QED) is 0.354. The van der Waals surface area contributed by atoms with E-state index < -0.39 is 0 Å². The molecule has 3 N–H and O–H groups in total. The largest absolute Gasteiger partial charge is 0.494 e. The Labute approximate surface area is 228 Å². The lowest BCUT2D eigenvalue weighted by molar-refractivity contribution is 0.150. The molecular formula is C28H35BrN7O. The minimum atomic E-state index is 0.492. The van der Waals surface area contributed by atoms with Crippen LogP contribution < -0.4 is 25.6 Å². The second kappa shape index (κ2) is 12.1. The van der Waals surface area contributed by atoms with Crippen LogP contribution in [0.15, 0.2) is 47.1 Å². The fraction of sp³-hybridized carbons (Fsp3) is 0.429. The Hall–Kier alpha value is -2.88. The number of piperidine rings is 1. The van der Waals surface area contributed by atoms with E-state index in [-0.39, 0.29) is 0 Å². The summed E-state index contributed by atoms with van der Waals surface area (Å²) in [5.74, 6) is 1.94. The van der Waals surface area contributed by atoms with Crippen molar-refractivity contribution >= 4 is 44.8 Å². The third-order valence-electron chi connectivity index (χ3n) is 7.21. The van der Waals surface area contributed by atoms with E-state index in [1.807, 2.05) is 24.3 Å². The van der Waals surface area contributed by atoms with Gasteiger partial charge in [0.1, 0.15) is 11.6 Å². The second-order valence-corrected chi connectivity index (χ2v) is 10.3. The van der Waals surface area contributed by atoms with Crippen molar-refractivity contribution in [2.24, 2.45) is 0 Å². The fourth-order valence-corrected chi connectivity index (χ4v) is 5.50. The average Bonchev–Trinajstić information content (AvgIpc) is 2.95. The van der Waals surface area contributed by atoms with E-state index in [1.165, 1.54) is 24.1 Å². The monoisotopic (exact) mass is 564 g/mol. The van der Waals surface area contributed by atoms with Crippen molar-refractivity contribution in [1.29, 1.82) is 0 Å². The molecule has 3 heterocycles. The molecule has 1 radical (unpaired) electrons. The topological polar surface area (TPSA) is 77.6 Å². The molecular weight excluding hydrogens is 530 g/mol. The van der Waals surface area contributed by atoms with Gasteiger partial charge in [-0.25, -0.2) is 4.98 Å². The molecule has 0 saturated carbocycles. The number of aromatic nitrogens is 2. The van der Waals surface area contributed by atoms with E-state index in [9.17, 15) is 0 Å². The first-order valence-electron chi connectivity index (χ1n) is 13.1. The average molecular weight is 566 g/mol. The highest BCUT2D eigenvalue weighted by atomic mass is 79.9. The highest BCUT2D eigenvalue weighted by molar-refractivity contribution is 9.10. The van der Waals surface area contributed by atoms with Gasteiger partial charge in [0, 0.05) is 75.0 Å². The Balaban J connectivity index is 1.32. The number of ether oxygens (including phenoxy) is 1. The molecule has 195 valence electrons. The van der Waals surface area contributed by atoms with Gasteiger partial charge in [-0.05, 0) is 52.9 Å². The molecule has 37 heavy (non-hydrogen) atoms. The molecule has 3 aromatic rings. The van der Waals surface area contributed by atoms with Crippen LogP contribution in [-0.2, 0) is 6.42 Å². The Morgan fingerprint density at radius 1 is 1.14 bits per heavy atom. The van der Waals surface area contributed by atoms with Crippen LogP contribution in [0.4, 0.5) is 28.8 Å². The summed E-state index contributed by atoms with van der Waals surface area (Å²) >= 11 is 3.54. The Bertz CT molecular complexity index is 1180. The number of hydrogen-bond acceptors (Lipinski definition) is 8. The van der Waals surface area contributed by atoms with E-state index in [4.69, 9.17) is 4.74 Å². The molecule has 5 rings (SSSR count). The number of anilines is 5. The molecule has 2 fully saturated rings. The van der Waals surface area contributed by atoms with Crippen molar-refractivity contribution < 1.29 is 4.74 Å². The number of nitrogens with one attached hydrogen (secondary N) is 3. The molecule has 0 spiro atoms. The lowest BCUT2D eigenvalue weighted by Crippen LogP contribution is -2.52. The van der Waals surface area contributed by atoms with E-state index in [0.717, 1.165) is 67.3 Å². The maximum Gasteiger partial charge on any atom is 0.229 e. The molecule has 2 aliphatic rings. The number of benzene rings is 2. The summed E-state index contributed by atoms with van der Waals surface area (Å²) in [6.45, 7) is 8.89. The van der Waals surface area contributed by atoms with Gasteiger partial charge in [0.05, 0.1) is 17.3 Å². The van der Waals surface area contributed by atoms with Gasteiger partial charge in [0.2, 0.25) is 5.95 Å². The zero-order chi connectivity index (χ0) is 25.6. The van der Waals surface area contributed by atoms with Gasteiger partial charge in [-0.3, -0.25) is 4.90 Å². The first kappa shape index (κ1) is 25.8. The van der Waals surface area contributed by atoms with Crippen molar-refractivity contribution in [3.05, 3.63) is 58.7 Å². The molecule has 0 atom stereocenters. The number of para-hydroxylation sites is 1. The summed E-state index contributed by atoms with van der Waals surface area (Å²) in [4.78, 5) is 14.4. The predicted molar refractivity (Wildman–Crippen MR) is 154 cm³/mol. The summed E-state index contributed by atoms with van der Waals surface area (Å²) < 4.78 is 6.60. The van der Waals surface area contributed by atoms with Crippen LogP contribution in [0, 0.1) is 6.07 Å². The smallest absolute Gasteiger partial charge is 0.229 e. The van der Waals surface area contributed by atoms with Gasteiger partial charge in [0.15, 0.2) is 0 Å². The van der Waals surface area contributed by atoms with E-state index >= 15 is 0 Å². The zero-order valence-electron chi connectivity index (χ0n) is 21.6. The highest BCUT2D eigenvalue weighted by Gasteiger charge is 2.27. The summed E-state index contributed by atoms with van der Waals surface area (Å²) in [6, 6.07) is 15.9. The van der Waals surface area contributed by atoms with E-state index in [0.29, 0.717) is 17.8 Å². The Kier molecular flexibility index (Phi) is 8.43. The van der Waals surface area contributed by atoms with Crippen LogP contribution in [0.1, 0.15) is 25.3 Å². The maximum atomic E-state index is 5.82. The molecule has 0 aliphatic carbocycles. The number of hydrogen-bond donors (Lipinski definition) is 3. The third kappa shape index (κ3) is 6.17. The Morgan fingerprint density at radius 3 is 2.65 bits per heavy atom. The number of nitrogens with zero attached hydrogens (tertiary/aromatic N) is 4. The molecule has 2 aliphatic heterocycles. The van der Waals surface area contributed by atoms with Gasteiger partial charge in [-0.15, -0.1) is 0 Å². The lowest BCUT2D eigenvalue weighted by Gasteiger charge is -2.41. The maximum absolute atomic E-state index is 5.82. The summed E-state index contributed by atoms with van der Waals surface area (Å²) in [7, 11) is 1.72. The molecule has 1 aromatic heterocycles. The molecule has 0 unspecified atom stereocenters. The first-order valence-corrected chi connectivity index (χ1v) is 13.9. The standard InChI is InChI=1S/C28H35BrN7O/c1-3-20-17-24(33-28-31-19-23(29)27(34-28)32-21-7-5-4-6-8-21)26(37-2)18-25(20)36-13-9-22(10-14-36)35-15-11-30-12-16-35/h4-7,17-19,22,30H,3,9-16H2,1-2H3,(H2,31,32,33,34). The van der Waals surface area contributed by atoms with Crippen molar-refractivity contribution in [2.45, 2.75) is 32.2 Å². The minimum absolute atomic E-state index is 0.492. The zero-order valence-corrected chi connectivity index (χ0v) is 23.1. The predicted octanol–water partition coefficient (Wildman–Crippen LogP) is 4.97. The van der Waals surface area contributed by atoms with Crippen LogP contribution in [0.25, 0.3) is 0 Å². The van der Waals surface area contributed by atoms with Crippen molar-refractivity contribution in [3.8, 4) is 5.75 Å². The molecule has 2 aromatic carbocycles. The van der Waals surface area contributed by atoms with Gasteiger partial charge in [-0.2, -0.15) is 4.98 Å². The van der Waals surface area contributed by atoms with E-state index in [1.54, 1.807) is 13.3 Å². The van der Waals surface area contributed by atoms with Crippen molar-refractivity contribution in [2.75, 3.05) is 61.9 Å². The van der Waals surface area contributed by atoms with Crippen molar-refractivity contribution in [1.82, 2.24) is 20.2 Å². The fourth-order valence-electron chi connectivity index (χ4n) is 5.21. The summed E-state index contributed by atoms with van der Waals surface area (Å²) in [6.07, 6.45) is 5.08. The molecule has 2 saturated heterocycles. The first-order chi connectivity index (χ1) is 18.1. The van der Waals surface area contributed by atoms with Gasteiger partial charge >= 0.3 is 0 Å². The summed E-state index contributed by atoms with van der Waals surface area (Å²) in [5, 5.41) is 10.1. The van der Waals surface area contributed by atoms with Crippen LogP contribution in [0.3, 0.4) is 0 Å². The van der Waals surface area contributed by atoms with Crippen LogP contribution in [-0.4, -0.2) is 67.3 Å². The highest BCUT2D eigenvalue weighted by Crippen LogP contribution is 2.37. The van der Waals surface area contributed by atoms with Crippen LogP contribution in [0.2, 0.25) is 0 Å². The van der Waals surface area contributed by atoms with Gasteiger partial charge in [-0.1, -0.05) is 25.1 Å². The Morgan fingerprint density at radius 2 is 1.95 bits per heavy atom. The second-order valence-electron chi connectivity index (χ2n) is 9.46.